The summed E-state index contributed by atoms with van der Waals surface area (Å²) in [5, 5.41) is 9.04. The van der Waals surface area contributed by atoms with Gasteiger partial charge in [-0.05, 0) is 50.8 Å². The topological polar surface area (TPSA) is 36.3 Å². The molecule has 0 amide bonds. The lowest BCUT2D eigenvalue weighted by atomic mass is 9.84. The van der Waals surface area contributed by atoms with Crippen LogP contribution in [0.3, 0.4) is 0 Å². The van der Waals surface area contributed by atoms with E-state index in [1.54, 1.807) is 6.07 Å². The molecule has 1 fully saturated rings. The largest absolute Gasteiger partial charge is 0.491 e. The maximum absolute atomic E-state index is 9.04. The van der Waals surface area contributed by atoms with E-state index in [4.69, 9.17) is 10.00 Å². The van der Waals surface area contributed by atoms with E-state index >= 15 is 0 Å². The van der Waals surface area contributed by atoms with E-state index in [2.05, 4.69) is 24.9 Å². The molecular formula is C18H26N2O. The van der Waals surface area contributed by atoms with Crippen molar-refractivity contribution in [3.63, 3.8) is 0 Å². The average Bonchev–Trinajstić information content (AvgIpc) is 2.55. The monoisotopic (exact) mass is 286 g/mol. The Morgan fingerprint density at radius 1 is 1.24 bits per heavy atom. The second kappa shape index (κ2) is 8.05. The third kappa shape index (κ3) is 4.47. The van der Waals surface area contributed by atoms with Crippen molar-refractivity contribution in [3.05, 3.63) is 29.8 Å². The maximum atomic E-state index is 9.04. The average molecular weight is 286 g/mol. The Kier molecular flexibility index (Phi) is 6.07. The summed E-state index contributed by atoms with van der Waals surface area (Å²) in [4.78, 5) is 2.42. The van der Waals surface area contributed by atoms with Crippen LogP contribution in [0.25, 0.3) is 0 Å². The van der Waals surface area contributed by atoms with Crippen LogP contribution < -0.4 is 4.74 Å². The molecule has 0 unspecified atom stereocenters. The molecule has 21 heavy (non-hydrogen) atoms. The van der Waals surface area contributed by atoms with Crippen molar-refractivity contribution < 1.29 is 4.74 Å². The first-order chi connectivity index (χ1) is 10.2. The molecule has 0 bridgehead atoms. The minimum Gasteiger partial charge on any atom is -0.491 e. The summed E-state index contributed by atoms with van der Waals surface area (Å²) in [5.74, 6) is 1.64. The number of para-hydroxylation sites is 1. The summed E-state index contributed by atoms with van der Waals surface area (Å²) < 4.78 is 5.77. The van der Waals surface area contributed by atoms with E-state index in [9.17, 15) is 0 Å². The number of benzene rings is 1. The van der Waals surface area contributed by atoms with E-state index in [1.165, 1.54) is 32.1 Å². The van der Waals surface area contributed by atoms with E-state index in [0.29, 0.717) is 24.0 Å². The Balaban J connectivity index is 1.75. The van der Waals surface area contributed by atoms with Crippen LogP contribution >= 0.6 is 0 Å². The van der Waals surface area contributed by atoms with Crippen molar-refractivity contribution in [2.45, 2.75) is 45.1 Å². The summed E-state index contributed by atoms with van der Waals surface area (Å²) >= 11 is 0. The van der Waals surface area contributed by atoms with Crippen LogP contribution in [0.15, 0.2) is 24.3 Å². The van der Waals surface area contributed by atoms with Gasteiger partial charge in [-0.2, -0.15) is 5.26 Å². The highest BCUT2D eigenvalue weighted by molar-refractivity contribution is 5.42. The number of hydrogen-bond acceptors (Lipinski definition) is 3. The van der Waals surface area contributed by atoms with Gasteiger partial charge in [0, 0.05) is 12.6 Å². The Morgan fingerprint density at radius 3 is 2.62 bits per heavy atom. The fourth-order valence-corrected chi connectivity index (χ4v) is 3.16. The van der Waals surface area contributed by atoms with E-state index < -0.39 is 0 Å². The van der Waals surface area contributed by atoms with Crippen molar-refractivity contribution in [1.82, 2.24) is 4.90 Å². The highest BCUT2D eigenvalue weighted by atomic mass is 16.5. The molecule has 1 aromatic rings. The number of nitrogens with zero attached hydrogens (tertiary/aromatic N) is 2. The first-order valence-electron chi connectivity index (χ1n) is 8.06. The number of hydrogen-bond donors (Lipinski definition) is 0. The molecular weight excluding hydrogens is 260 g/mol. The standard InChI is InChI=1S/C18H26N2O/c1-3-15-8-10-17(11-9-15)20(2)12-13-21-18-7-5-4-6-16(18)14-19/h4-7,15,17H,3,8-13H2,1-2H3. The molecule has 3 nitrogen and oxygen atoms in total. The van der Waals surface area contributed by atoms with Gasteiger partial charge in [0.25, 0.3) is 0 Å². The molecule has 1 saturated carbocycles. The van der Waals surface area contributed by atoms with Crippen molar-refractivity contribution in [1.29, 1.82) is 5.26 Å². The number of likely N-dealkylation sites (N-methyl/N-ethyl adjacent to an activating group) is 1. The minimum absolute atomic E-state index is 0.614. The highest BCUT2D eigenvalue weighted by Gasteiger charge is 2.22. The highest BCUT2D eigenvalue weighted by Crippen LogP contribution is 2.28. The predicted molar refractivity (Wildman–Crippen MR) is 85.3 cm³/mol. The van der Waals surface area contributed by atoms with Crippen molar-refractivity contribution in [3.8, 4) is 11.8 Å². The second-order valence-electron chi connectivity index (χ2n) is 6.02. The van der Waals surface area contributed by atoms with Crippen LogP contribution in [0.2, 0.25) is 0 Å². The van der Waals surface area contributed by atoms with Crippen LogP contribution in [0.1, 0.15) is 44.6 Å². The Labute approximate surface area is 128 Å². The maximum Gasteiger partial charge on any atom is 0.137 e. The first-order valence-corrected chi connectivity index (χ1v) is 8.06. The number of nitriles is 1. The molecule has 0 spiro atoms. The molecule has 3 heteroatoms. The lowest BCUT2D eigenvalue weighted by Gasteiger charge is -2.34. The zero-order valence-corrected chi connectivity index (χ0v) is 13.2. The fraction of sp³-hybridized carbons (Fsp3) is 0.611. The second-order valence-corrected chi connectivity index (χ2v) is 6.02. The quantitative estimate of drug-likeness (QED) is 0.797. The van der Waals surface area contributed by atoms with Crippen LogP contribution in [0.5, 0.6) is 5.75 Å². The Hall–Kier alpha value is -1.53. The van der Waals surface area contributed by atoms with Crippen molar-refractivity contribution >= 4 is 0 Å². The van der Waals surface area contributed by atoms with Crippen LogP contribution in [-0.2, 0) is 0 Å². The molecule has 0 radical (unpaired) electrons. The molecule has 0 aromatic heterocycles. The molecule has 0 N–H and O–H groups in total. The van der Waals surface area contributed by atoms with Crippen molar-refractivity contribution in [2.75, 3.05) is 20.2 Å². The smallest absolute Gasteiger partial charge is 0.137 e. The molecule has 1 aromatic carbocycles. The molecule has 0 aliphatic heterocycles. The van der Waals surface area contributed by atoms with Gasteiger partial charge >= 0.3 is 0 Å². The summed E-state index contributed by atoms with van der Waals surface area (Å²) in [6.45, 7) is 3.86. The van der Waals surface area contributed by atoms with Gasteiger partial charge < -0.3 is 9.64 Å². The molecule has 0 atom stereocenters. The predicted octanol–water partition coefficient (Wildman–Crippen LogP) is 3.84. The number of rotatable bonds is 6. The van der Waals surface area contributed by atoms with Gasteiger partial charge in [0.15, 0.2) is 0 Å². The lowest BCUT2D eigenvalue weighted by Crippen LogP contribution is -2.37. The normalized spacial score (nSPS) is 22.0. The summed E-state index contributed by atoms with van der Waals surface area (Å²) in [6.07, 6.45) is 6.67. The summed E-state index contributed by atoms with van der Waals surface area (Å²) in [5.41, 5.74) is 0.614. The van der Waals surface area contributed by atoms with Crippen LogP contribution in [0, 0.1) is 17.2 Å². The lowest BCUT2D eigenvalue weighted by molar-refractivity contribution is 0.141. The SMILES string of the molecule is CCC1CCC(N(C)CCOc2ccccc2C#N)CC1. The van der Waals surface area contributed by atoms with Gasteiger partial charge in [0.1, 0.15) is 18.4 Å². The van der Waals surface area contributed by atoms with Crippen LogP contribution in [0.4, 0.5) is 0 Å². The van der Waals surface area contributed by atoms with E-state index in [-0.39, 0.29) is 0 Å². The zero-order chi connectivity index (χ0) is 15.1. The molecule has 114 valence electrons. The van der Waals surface area contributed by atoms with Gasteiger partial charge in [0.2, 0.25) is 0 Å². The molecule has 2 rings (SSSR count). The Bertz CT molecular complexity index is 472. The Morgan fingerprint density at radius 2 is 1.95 bits per heavy atom. The fourth-order valence-electron chi connectivity index (χ4n) is 3.16. The van der Waals surface area contributed by atoms with Gasteiger partial charge in [-0.25, -0.2) is 0 Å². The zero-order valence-electron chi connectivity index (χ0n) is 13.2. The van der Waals surface area contributed by atoms with Crippen LogP contribution in [-0.4, -0.2) is 31.1 Å². The van der Waals surface area contributed by atoms with E-state index in [1.807, 2.05) is 18.2 Å². The molecule has 1 aliphatic carbocycles. The molecule has 0 heterocycles. The first kappa shape index (κ1) is 15.9. The van der Waals surface area contributed by atoms with Gasteiger partial charge in [-0.1, -0.05) is 25.5 Å². The third-order valence-corrected chi connectivity index (χ3v) is 4.73. The van der Waals surface area contributed by atoms with Gasteiger partial charge in [0.05, 0.1) is 5.56 Å². The van der Waals surface area contributed by atoms with E-state index in [0.717, 1.165) is 12.5 Å². The van der Waals surface area contributed by atoms with Gasteiger partial charge in [-0.15, -0.1) is 0 Å². The van der Waals surface area contributed by atoms with Gasteiger partial charge in [-0.3, -0.25) is 0 Å². The summed E-state index contributed by atoms with van der Waals surface area (Å²) in [6, 6.07) is 10.3. The number of ether oxygens (including phenoxy) is 1. The summed E-state index contributed by atoms with van der Waals surface area (Å²) in [7, 11) is 2.19. The van der Waals surface area contributed by atoms with Crippen molar-refractivity contribution in [2.24, 2.45) is 5.92 Å². The minimum atomic E-state index is 0.614. The third-order valence-electron chi connectivity index (χ3n) is 4.73. The molecule has 0 saturated heterocycles. The molecule has 1 aliphatic rings.